The molecule has 29 heavy (non-hydrogen) atoms. The molecule has 0 spiro atoms. The Morgan fingerprint density at radius 1 is 1.07 bits per heavy atom. The molecule has 0 unspecified atom stereocenters. The standard InChI is InChI=1S/C20H30BrN3O4S/c1-3-23(4-2)29(26,27)24-13-11-22(12-14-24)19(25)20(9-15-28-16-10-20)17-5-7-18(21)8-6-17/h5-8H,3-4,9-16H2,1-2H3. The molecule has 2 saturated heterocycles. The molecule has 0 aliphatic carbocycles. The molecule has 0 N–H and O–H groups in total. The summed E-state index contributed by atoms with van der Waals surface area (Å²) in [6, 6.07) is 7.95. The topological polar surface area (TPSA) is 70.2 Å². The van der Waals surface area contributed by atoms with Crippen LogP contribution in [-0.2, 0) is 25.2 Å². The van der Waals surface area contributed by atoms with Crippen molar-refractivity contribution in [1.82, 2.24) is 13.5 Å². The molecule has 2 aliphatic heterocycles. The minimum atomic E-state index is -3.47. The van der Waals surface area contributed by atoms with E-state index in [2.05, 4.69) is 15.9 Å². The van der Waals surface area contributed by atoms with Gasteiger partial charge in [0.1, 0.15) is 0 Å². The SMILES string of the molecule is CCN(CC)S(=O)(=O)N1CCN(C(=O)C2(c3ccc(Br)cc3)CCOCC2)CC1. The molecule has 1 amide bonds. The van der Waals surface area contributed by atoms with Gasteiger partial charge in [-0.15, -0.1) is 0 Å². The fraction of sp³-hybridized carbons (Fsp3) is 0.650. The number of carbonyl (C=O) groups is 1. The van der Waals surface area contributed by atoms with E-state index < -0.39 is 15.6 Å². The zero-order chi connectivity index (χ0) is 21.1. The van der Waals surface area contributed by atoms with Crippen molar-refractivity contribution in [2.75, 3.05) is 52.5 Å². The largest absolute Gasteiger partial charge is 0.381 e. The summed E-state index contributed by atoms with van der Waals surface area (Å²) in [5.41, 5.74) is 0.408. The number of ether oxygens (including phenoxy) is 1. The number of piperazine rings is 1. The van der Waals surface area contributed by atoms with Crippen molar-refractivity contribution in [3.63, 3.8) is 0 Å². The lowest BCUT2D eigenvalue weighted by Crippen LogP contribution is -2.58. The van der Waals surface area contributed by atoms with Crippen molar-refractivity contribution in [3.05, 3.63) is 34.3 Å². The van der Waals surface area contributed by atoms with Crippen LogP contribution in [0.3, 0.4) is 0 Å². The third kappa shape index (κ3) is 4.54. The molecule has 2 fully saturated rings. The van der Waals surface area contributed by atoms with Gasteiger partial charge in [0.2, 0.25) is 5.91 Å². The summed E-state index contributed by atoms with van der Waals surface area (Å²) in [4.78, 5) is 15.5. The van der Waals surface area contributed by atoms with Crippen LogP contribution >= 0.6 is 15.9 Å². The van der Waals surface area contributed by atoms with Gasteiger partial charge in [-0.05, 0) is 30.5 Å². The summed E-state index contributed by atoms with van der Waals surface area (Å²) in [5, 5.41) is 0. The second kappa shape index (κ2) is 9.43. The molecular formula is C20H30BrN3O4S. The number of rotatable bonds is 6. The molecule has 9 heteroatoms. The zero-order valence-electron chi connectivity index (χ0n) is 17.1. The van der Waals surface area contributed by atoms with E-state index >= 15 is 0 Å². The van der Waals surface area contributed by atoms with Gasteiger partial charge in [-0.25, -0.2) is 0 Å². The van der Waals surface area contributed by atoms with Crippen LogP contribution in [0.25, 0.3) is 0 Å². The number of nitrogens with zero attached hydrogens (tertiary/aromatic N) is 3. The maximum absolute atomic E-state index is 13.6. The number of hydrogen-bond donors (Lipinski definition) is 0. The maximum Gasteiger partial charge on any atom is 0.282 e. The van der Waals surface area contributed by atoms with Gasteiger partial charge < -0.3 is 9.64 Å². The van der Waals surface area contributed by atoms with Crippen molar-refractivity contribution in [2.24, 2.45) is 0 Å². The van der Waals surface area contributed by atoms with Gasteiger partial charge in [-0.1, -0.05) is 41.9 Å². The molecular weight excluding hydrogens is 458 g/mol. The molecule has 2 heterocycles. The number of benzene rings is 1. The zero-order valence-corrected chi connectivity index (χ0v) is 19.5. The Labute approximate surface area is 182 Å². The molecule has 2 aliphatic rings. The molecule has 1 aromatic carbocycles. The summed E-state index contributed by atoms with van der Waals surface area (Å²) in [5.74, 6) is 0.0861. The summed E-state index contributed by atoms with van der Waals surface area (Å²) >= 11 is 3.46. The van der Waals surface area contributed by atoms with Crippen LogP contribution in [0, 0.1) is 0 Å². The molecule has 0 aromatic heterocycles. The first kappa shape index (κ1) is 22.7. The predicted molar refractivity (Wildman–Crippen MR) is 116 cm³/mol. The highest BCUT2D eigenvalue weighted by molar-refractivity contribution is 9.10. The third-order valence-electron chi connectivity index (χ3n) is 6.04. The highest BCUT2D eigenvalue weighted by Crippen LogP contribution is 2.37. The minimum absolute atomic E-state index is 0.0861. The average molecular weight is 488 g/mol. The molecule has 162 valence electrons. The fourth-order valence-electron chi connectivity index (χ4n) is 4.25. The van der Waals surface area contributed by atoms with Crippen LogP contribution in [0.5, 0.6) is 0 Å². The van der Waals surface area contributed by atoms with Gasteiger partial charge in [0, 0.05) is 57.0 Å². The molecule has 0 bridgehead atoms. The maximum atomic E-state index is 13.6. The van der Waals surface area contributed by atoms with Crippen molar-refractivity contribution in [2.45, 2.75) is 32.1 Å². The smallest absolute Gasteiger partial charge is 0.282 e. The Kier molecular flexibility index (Phi) is 7.37. The number of carbonyl (C=O) groups excluding carboxylic acids is 1. The van der Waals surface area contributed by atoms with Crippen LogP contribution in [0.4, 0.5) is 0 Å². The minimum Gasteiger partial charge on any atom is -0.381 e. The van der Waals surface area contributed by atoms with E-state index in [0.29, 0.717) is 65.3 Å². The third-order valence-corrected chi connectivity index (χ3v) is 8.75. The van der Waals surface area contributed by atoms with Crippen molar-refractivity contribution in [1.29, 1.82) is 0 Å². The van der Waals surface area contributed by atoms with E-state index in [1.165, 1.54) is 8.61 Å². The first-order chi connectivity index (χ1) is 13.8. The monoisotopic (exact) mass is 487 g/mol. The van der Waals surface area contributed by atoms with E-state index in [-0.39, 0.29) is 5.91 Å². The molecule has 0 radical (unpaired) electrons. The molecule has 3 rings (SSSR count). The highest BCUT2D eigenvalue weighted by atomic mass is 79.9. The van der Waals surface area contributed by atoms with E-state index in [9.17, 15) is 13.2 Å². The van der Waals surface area contributed by atoms with Crippen LogP contribution in [0.1, 0.15) is 32.3 Å². The lowest BCUT2D eigenvalue weighted by Gasteiger charge is -2.43. The Morgan fingerprint density at radius 3 is 2.14 bits per heavy atom. The van der Waals surface area contributed by atoms with Crippen LogP contribution in [-0.4, -0.2) is 80.3 Å². The second-order valence-corrected chi connectivity index (χ2v) is 10.3. The quantitative estimate of drug-likeness (QED) is 0.616. The van der Waals surface area contributed by atoms with Crippen molar-refractivity contribution < 1.29 is 17.9 Å². The lowest BCUT2D eigenvalue weighted by atomic mass is 9.73. The number of hydrogen-bond acceptors (Lipinski definition) is 4. The molecule has 0 atom stereocenters. The van der Waals surface area contributed by atoms with Crippen molar-refractivity contribution >= 4 is 32.0 Å². The van der Waals surface area contributed by atoms with E-state index in [1.807, 2.05) is 43.0 Å². The van der Waals surface area contributed by atoms with Crippen LogP contribution in [0.2, 0.25) is 0 Å². The predicted octanol–water partition coefficient (Wildman–Crippen LogP) is 2.23. The molecule has 7 nitrogen and oxygen atoms in total. The van der Waals surface area contributed by atoms with Crippen LogP contribution < -0.4 is 0 Å². The second-order valence-electron chi connectivity index (χ2n) is 7.48. The number of amides is 1. The van der Waals surface area contributed by atoms with Gasteiger partial charge in [0.15, 0.2) is 0 Å². The van der Waals surface area contributed by atoms with Gasteiger partial charge in [0.25, 0.3) is 10.2 Å². The van der Waals surface area contributed by atoms with Gasteiger partial charge in [-0.3, -0.25) is 4.79 Å². The van der Waals surface area contributed by atoms with E-state index in [4.69, 9.17) is 4.74 Å². The number of halogens is 1. The van der Waals surface area contributed by atoms with E-state index in [0.717, 1.165) is 10.0 Å². The molecule has 1 aromatic rings. The Balaban J connectivity index is 1.76. The summed E-state index contributed by atoms with van der Waals surface area (Å²) < 4.78 is 35.0. The van der Waals surface area contributed by atoms with Gasteiger partial charge in [0.05, 0.1) is 5.41 Å². The highest BCUT2D eigenvalue weighted by Gasteiger charge is 2.45. The summed E-state index contributed by atoms with van der Waals surface area (Å²) in [7, 11) is -3.47. The lowest BCUT2D eigenvalue weighted by molar-refractivity contribution is -0.142. The summed E-state index contributed by atoms with van der Waals surface area (Å²) in [6.07, 6.45) is 1.29. The van der Waals surface area contributed by atoms with Crippen molar-refractivity contribution in [3.8, 4) is 0 Å². The van der Waals surface area contributed by atoms with Crippen LogP contribution in [0.15, 0.2) is 28.7 Å². The normalized spacial score (nSPS) is 20.8. The average Bonchev–Trinajstić information content (AvgIpc) is 2.75. The Bertz CT molecular complexity index is 798. The van der Waals surface area contributed by atoms with E-state index in [1.54, 1.807) is 0 Å². The Morgan fingerprint density at radius 2 is 1.62 bits per heavy atom. The fourth-order valence-corrected chi connectivity index (χ4v) is 6.12. The summed E-state index contributed by atoms with van der Waals surface area (Å²) in [6.45, 7) is 7.18. The first-order valence-corrected chi connectivity index (χ1v) is 12.4. The van der Waals surface area contributed by atoms with Gasteiger partial charge in [-0.2, -0.15) is 17.0 Å². The first-order valence-electron chi connectivity index (χ1n) is 10.2. The molecule has 0 saturated carbocycles. The Hall–Kier alpha value is -1.00. The van der Waals surface area contributed by atoms with Gasteiger partial charge >= 0.3 is 0 Å².